The number of carbonyl (C=O) groups excluding carboxylic acids is 1. The quantitative estimate of drug-likeness (QED) is 0.873. The summed E-state index contributed by atoms with van der Waals surface area (Å²) < 4.78 is 0. The van der Waals surface area contributed by atoms with Crippen molar-refractivity contribution in [2.24, 2.45) is 11.7 Å². The Morgan fingerprint density at radius 3 is 2.75 bits per heavy atom. The zero-order valence-corrected chi connectivity index (χ0v) is 13.2. The minimum atomic E-state index is 0.101. The summed E-state index contributed by atoms with van der Waals surface area (Å²) in [5.41, 5.74) is 5.94. The van der Waals surface area contributed by atoms with Gasteiger partial charge in [0, 0.05) is 10.9 Å². The second-order valence-corrected chi connectivity index (χ2v) is 6.76. The highest BCUT2D eigenvalue weighted by atomic mass is 32.1. The molecule has 1 aliphatic rings. The average Bonchev–Trinajstić information content (AvgIpc) is 2.93. The van der Waals surface area contributed by atoms with Gasteiger partial charge in [-0.05, 0) is 57.1 Å². The van der Waals surface area contributed by atoms with Crippen molar-refractivity contribution in [2.45, 2.75) is 38.8 Å². The highest BCUT2D eigenvalue weighted by Crippen LogP contribution is 2.20. The van der Waals surface area contributed by atoms with Crippen LogP contribution in [0.1, 0.15) is 37.6 Å². The van der Waals surface area contributed by atoms with Crippen LogP contribution < -0.4 is 11.1 Å². The molecule has 2 unspecified atom stereocenters. The smallest absolute Gasteiger partial charge is 0.234 e. The maximum absolute atomic E-state index is 12.1. The topological polar surface area (TPSA) is 58.4 Å². The summed E-state index contributed by atoms with van der Waals surface area (Å²) >= 11 is 1.68. The SMILES string of the molecule is CC(NC(=O)CN1CCC(C(C)N)CC1)c1cccs1. The lowest BCUT2D eigenvalue weighted by atomic mass is 9.91. The average molecular weight is 295 g/mol. The van der Waals surface area contributed by atoms with Crippen LogP contribution in [0.3, 0.4) is 0 Å². The molecule has 0 saturated carbocycles. The van der Waals surface area contributed by atoms with Gasteiger partial charge in [-0.2, -0.15) is 0 Å². The maximum atomic E-state index is 12.1. The Morgan fingerprint density at radius 2 is 2.20 bits per heavy atom. The molecule has 2 heterocycles. The third-order valence-electron chi connectivity index (χ3n) is 4.09. The van der Waals surface area contributed by atoms with Crippen LogP contribution in [0.4, 0.5) is 0 Å². The van der Waals surface area contributed by atoms with Gasteiger partial charge in [-0.1, -0.05) is 6.07 Å². The number of rotatable bonds is 5. The minimum Gasteiger partial charge on any atom is -0.348 e. The van der Waals surface area contributed by atoms with Gasteiger partial charge in [-0.25, -0.2) is 0 Å². The van der Waals surface area contributed by atoms with Crippen molar-refractivity contribution in [3.8, 4) is 0 Å². The van der Waals surface area contributed by atoms with E-state index in [1.54, 1.807) is 11.3 Å². The zero-order chi connectivity index (χ0) is 14.5. The van der Waals surface area contributed by atoms with Crippen molar-refractivity contribution in [1.29, 1.82) is 0 Å². The molecular weight excluding hydrogens is 270 g/mol. The second kappa shape index (κ2) is 7.20. The summed E-state index contributed by atoms with van der Waals surface area (Å²) in [4.78, 5) is 15.5. The summed E-state index contributed by atoms with van der Waals surface area (Å²) in [6.07, 6.45) is 2.21. The van der Waals surface area contributed by atoms with E-state index < -0.39 is 0 Å². The number of likely N-dealkylation sites (tertiary alicyclic amines) is 1. The summed E-state index contributed by atoms with van der Waals surface area (Å²) in [6.45, 7) is 6.57. The van der Waals surface area contributed by atoms with E-state index in [0.717, 1.165) is 25.9 Å². The summed E-state index contributed by atoms with van der Waals surface area (Å²) in [6, 6.07) is 4.44. The first-order valence-electron chi connectivity index (χ1n) is 7.37. The van der Waals surface area contributed by atoms with Gasteiger partial charge in [0.15, 0.2) is 0 Å². The Balaban J connectivity index is 1.73. The minimum absolute atomic E-state index is 0.101. The van der Waals surface area contributed by atoms with Crippen LogP contribution in [0, 0.1) is 5.92 Å². The molecule has 4 nitrogen and oxygen atoms in total. The Bertz CT molecular complexity index is 411. The summed E-state index contributed by atoms with van der Waals surface area (Å²) in [7, 11) is 0. The molecule has 0 bridgehead atoms. The molecule has 2 rings (SSSR count). The molecule has 1 aromatic rings. The molecule has 1 aliphatic heterocycles. The number of piperidine rings is 1. The number of amides is 1. The van der Waals surface area contributed by atoms with Crippen LogP contribution in [0.15, 0.2) is 17.5 Å². The normalized spacial score (nSPS) is 20.6. The molecule has 112 valence electrons. The van der Waals surface area contributed by atoms with Crippen molar-refractivity contribution < 1.29 is 4.79 Å². The van der Waals surface area contributed by atoms with Gasteiger partial charge in [-0.3, -0.25) is 9.69 Å². The van der Waals surface area contributed by atoms with Gasteiger partial charge in [0.25, 0.3) is 0 Å². The Morgan fingerprint density at radius 1 is 1.50 bits per heavy atom. The van der Waals surface area contributed by atoms with Crippen molar-refractivity contribution in [3.63, 3.8) is 0 Å². The molecule has 0 spiro atoms. The van der Waals surface area contributed by atoms with E-state index in [4.69, 9.17) is 5.73 Å². The van der Waals surface area contributed by atoms with Crippen LogP contribution in [-0.2, 0) is 4.79 Å². The molecule has 1 fully saturated rings. The lowest BCUT2D eigenvalue weighted by Crippen LogP contribution is -2.44. The highest BCUT2D eigenvalue weighted by Gasteiger charge is 2.23. The standard InChI is InChI=1S/C15H25N3OS/c1-11(16)13-5-7-18(8-6-13)10-15(19)17-12(2)14-4-3-9-20-14/h3-4,9,11-13H,5-8,10,16H2,1-2H3,(H,17,19). The first-order chi connectivity index (χ1) is 9.56. The van der Waals surface area contributed by atoms with Gasteiger partial charge in [0.2, 0.25) is 5.91 Å². The number of carbonyl (C=O) groups is 1. The number of nitrogens with two attached hydrogens (primary N) is 1. The van der Waals surface area contributed by atoms with Crippen LogP contribution in [-0.4, -0.2) is 36.5 Å². The Labute approximate surface area is 125 Å². The van der Waals surface area contributed by atoms with Gasteiger partial charge in [-0.15, -0.1) is 11.3 Å². The number of nitrogens with one attached hydrogen (secondary N) is 1. The van der Waals surface area contributed by atoms with E-state index in [1.807, 2.05) is 18.4 Å². The fourth-order valence-electron chi connectivity index (χ4n) is 2.74. The van der Waals surface area contributed by atoms with Crippen LogP contribution in [0.2, 0.25) is 0 Å². The molecule has 3 N–H and O–H groups in total. The first kappa shape index (κ1) is 15.5. The van der Waals surface area contributed by atoms with Crippen LogP contribution >= 0.6 is 11.3 Å². The van der Waals surface area contributed by atoms with E-state index in [2.05, 4.69) is 23.2 Å². The lowest BCUT2D eigenvalue weighted by Gasteiger charge is -2.33. The van der Waals surface area contributed by atoms with Crippen LogP contribution in [0.5, 0.6) is 0 Å². The zero-order valence-electron chi connectivity index (χ0n) is 12.3. The van der Waals surface area contributed by atoms with E-state index >= 15 is 0 Å². The molecule has 1 aromatic heterocycles. The van der Waals surface area contributed by atoms with Gasteiger partial charge in [0.1, 0.15) is 0 Å². The predicted molar refractivity (Wildman–Crippen MR) is 83.7 cm³/mol. The van der Waals surface area contributed by atoms with Crippen LogP contribution in [0.25, 0.3) is 0 Å². The molecule has 1 saturated heterocycles. The van der Waals surface area contributed by atoms with E-state index in [-0.39, 0.29) is 18.0 Å². The van der Waals surface area contributed by atoms with Crippen molar-refractivity contribution in [2.75, 3.05) is 19.6 Å². The van der Waals surface area contributed by atoms with Gasteiger partial charge >= 0.3 is 0 Å². The van der Waals surface area contributed by atoms with E-state index in [1.165, 1.54) is 4.88 Å². The highest BCUT2D eigenvalue weighted by molar-refractivity contribution is 7.10. The molecule has 0 aromatic carbocycles. The first-order valence-corrected chi connectivity index (χ1v) is 8.25. The number of thiophene rings is 1. The van der Waals surface area contributed by atoms with Gasteiger partial charge < -0.3 is 11.1 Å². The number of hydrogen-bond donors (Lipinski definition) is 2. The summed E-state index contributed by atoms with van der Waals surface area (Å²) in [5.74, 6) is 0.726. The molecule has 5 heteroatoms. The van der Waals surface area contributed by atoms with Crippen molar-refractivity contribution >= 4 is 17.2 Å². The third kappa shape index (κ3) is 4.30. The monoisotopic (exact) mass is 295 g/mol. The summed E-state index contributed by atoms with van der Waals surface area (Å²) in [5, 5.41) is 5.11. The molecule has 1 amide bonds. The molecule has 2 atom stereocenters. The molecule has 0 radical (unpaired) electrons. The van der Waals surface area contributed by atoms with Crippen molar-refractivity contribution in [3.05, 3.63) is 22.4 Å². The number of nitrogens with zero attached hydrogens (tertiary/aromatic N) is 1. The fraction of sp³-hybridized carbons (Fsp3) is 0.667. The number of hydrogen-bond acceptors (Lipinski definition) is 4. The molecular formula is C15H25N3OS. The fourth-order valence-corrected chi connectivity index (χ4v) is 3.47. The maximum Gasteiger partial charge on any atom is 0.234 e. The van der Waals surface area contributed by atoms with Crippen molar-refractivity contribution in [1.82, 2.24) is 10.2 Å². The van der Waals surface area contributed by atoms with Gasteiger partial charge in [0.05, 0.1) is 12.6 Å². The lowest BCUT2D eigenvalue weighted by molar-refractivity contribution is -0.123. The molecule has 0 aliphatic carbocycles. The third-order valence-corrected chi connectivity index (χ3v) is 5.15. The second-order valence-electron chi connectivity index (χ2n) is 5.78. The largest absolute Gasteiger partial charge is 0.348 e. The molecule has 20 heavy (non-hydrogen) atoms. The predicted octanol–water partition coefficient (Wildman–Crippen LogP) is 1.98. The van der Waals surface area contributed by atoms with E-state index in [0.29, 0.717) is 12.5 Å². The Hall–Kier alpha value is -0.910. The Kier molecular flexibility index (Phi) is 5.57. The van der Waals surface area contributed by atoms with E-state index in [9.17, 15) is 4.79 Å².